The van der Waals surface area contributed by atoms with Crippen LogP contribution >= 0.6 is 11.6 Å². The first-order valence-electron chi connectivity index (χ1n) is 10.9. The number of primary amides is 1. The van der Waals surface area contributed by atoms with E-state index in [1.165, 1.54) is 18.3 Å². The van der Waals surface area contributed by atoms with Crippen molar-refractivity contribution in [1.82, 2.24) is 9.88 Å². The predicted molar refractivity (Wildman–Crippen MR) is 130 cm³/mol. The average molecular weight is 472 g/mol. The molecule has 4 rings (SSSR count). The third-order valence-electron chi connectivity index (χ3n) is 5.76. The third-order valence-corrected chi connectivity index (χ3v) is 6.05. The van der Waals surface area contributed by atoms with Gasteiger partial charge in [0.25, 0.3) is 5.91 Å². The van der Waals surface area contributed by atoms with Crippen LogP contribution < -0.4 is 20.7 Å². The molecule has 1 amide bonds. The number of nitrogens with zero attached hydrogens (tertiary/aromatic N) is 3. The number of carbonyl (C=O) groups is 1. The number of nitrogens with one attached hydrogen (secondary N) is 1. The summed E-state index contributed by atoms with van der Waals surface area (Å²) < 4.78 is 19.6. The Kier molecular flexibility index (Phi) is 6.85. The molecule has 0 bridgehead atoms. The zero-order valence-electron chi connectivity index (χ0n) is 18.7. The number of carbonyl (C=O) groups excluding carboxylic acids is 1. The van der Waals surface area contributed by atoms with Crippen molar-refractivity contribution >= 4 is 45.5 Å². The van der Waals surface area contributed by atoms with Gasteiger partial charge in [-0.25, -0.2) is 4.39 Å². The van der Waals surface area contributed by atoms with E-state index >= 15 is 0 Å². The summed E-state index contributed by atoms with van der Waals surface area (Å²) in [6.45, 7) is 6.16. The van der Waals surface area contributed by atoms with Crippen LogP contribution in [0.1, 0.15) is 23.7 Å². The minimum atomic E-state index is -0.619. The fraction of sp³-hybridized carbons (Fsp3) is 0.333. The Balaban J connectivity index is 1.87. The molecule has 3 N–H and O–H groups in total. The molecule has 0 unspecified atom stereocenters. The lowest BCUT2D eigenvalue weighted by molar-refractivity contribution is 0.100. The number of hydrogen-bond acceptors (Lipinski definition) is 6. The molecule has 2 heterocycles. The van der Waals surface area contributed by atoms with Crippen LogP contribution in [-0.4, -0.2) is 55.6 Å². The lowest BCUT2D eigenvalue weighted by Gasteiger charge is -2.26. The van der Waals surface area contributed by atoms with Gasteiger partial charge in [0.1, 0.15) is 11.6 Å². The van der Waals surface area contributed by atoms with Gasteiger partial charge in [0.15, 0.2) is 0 Å². The molecule has 0 aliphatic carbocycles. The molecule has 1 aliphatic rings. The van der Waals surface area contributed by atoms with Crippen LogP contribution in [0.3, 0.4) is 0 Å². The highest BCUT2D eigenvalue weighted by molar-refractivity contribution is 6.31. The van der Waals surface area contributed by atoms with Crippen molar-refractivity contribution in [3.63, 3.8) is 0 Å². The Morgan fingerprint density at radius 3 is 2.79 bits per heavy atom. The molecular formula is C24H27ClFN5O2. The van der Waals surface area contributed by atoms with Crippen LogP contribution in [0.15, 0.2) is 36.5 Å². The van der Waals surface area contributed by atoms with Gasteiger partial charge in [0.05, 0.1) is 34.1 Å². The Morgan fingerprint density at radius 2 is 2.06 bits per heavy atom. The van der Waals surface area contributed by atoms with E-state index in [0.29, 0.717) is 28.9 Å². The van der Waals surface area contributed by atoms with E-state index in [1.54, 1.807) is 6.07 Å². The summed E-state index contributed by atoms with van der Waals surface area (Å²) in [5.74, 6) is -0.400. The van der Waals surface area contributed by atoms with Crippen molar-refractivity contribution in [3.05, 3.63) is 52.9 Å². The molecule has 33 heavy (non-hydrogen) atoms. The monoisotopic (exact) mass is 471 g/mol. The fourth-order valence-electron chi connectivity index (χ4n) is 4.05. The number of benzene rings is 2. The molecule has 1 aliphatic heterocycles. The zero-order chi connectivity index (χ0) is 23.5. The number of likely N-dealkylation sites (N-methyl/N-ethyl adjacent to an activating group) is 1. The van der Waals surface area contributed by atoms with Crippen LogP contribution in [0.2, 0.25) is 5.02 Å². The number of ether oxygens (including phenoxy) is 1. The second-order valence-electron chi connectivity index (χ2n) is 8.08. The molecular weight excluding hydrogens is 445 g/mol. The number of hydrogen-bond donors (Lipinski definition) is 2. The normalized spacial score (nSPS) is 14.8. The SMILES string of the molecule is CCOc1cc2ncc(C(N)=O)c(Nc3ccc(F)c(Cl)c3)c2cc1N1CCCN(C)CC1. The Bertz CT molecular complexity index is 1190. The van der Waals surface area contributed by atoms with Crippen LogP contribution in [0, 0.1) is 5.82 Å². The first-order chi connectivity index (χ1) is 15.9. The van der Waals surface area contributed by atoms with Crippen LogP contribution in [0.4, 0.5) is 21.5 Å². The summed E-state index contributed by atoms with van der Waals surface area (Å²) in [5, 5.41) is 3.90. The largest absolute Gasteiger partial charge is 0.492 e. The topological polar surface area (TPSA) is 83.7 Å². The minimum absolute atomic E-state index is 0.0213. The lowest BCUT2D eigenvalue weighted by Crippen LogP contribution is -2.29. The number of fused-ring (bicyclic) bond motifs is 1. The Labute approximate surface area is 197 Å². The summed E-state index contributed by atoms with van der Waals surface area (Å²) in [6, 6.07) is 8.16. The highest BCUT2D eigenvalue weighted by atomic mass is 35.5. The number of rotatable bonds is 6. The van der Waals surface area contributed by atoms with Gasteiger partial charge in [0, 0.05) is 43.0 Å². The van der Waals surface area contributed by atoms with Crippen molar-refractivity contribution in [1.29, 1.82) is 0 Å². The van der Waals surface area contributed by atoms with Gasteiger partial charge in [0.2, 0.25) is 0 Å². The zero-order valence-corrected chi connectivity index (χ0v) is 19.5. The van der Waals surface area contributed by atoms with E-state index in [9.17, 15) is 9.18 Å². The number of halogens is 2. The van der Waals surface area contributed by atoms with Crippen LogP contribution in [0.25, 0.3) is 10.9 Å². The molecule has 2 aromatic carbocycles. The molecule has 1 fully saturated rings. The molecule has 0 spiro atoms. The van der Waals surface area contributed by atoms with Crippen LogP contribution in [0.5, 0.6) is 5.75 Å². The molecule has 0 radical (unpaired) electrons. The molecule has 1 saturated heterocycles. The van der Waals surface area contributed by atoms with E-state index in [0.717, 1.165) is 44.0 Å². The third kappa shape index (κ3) is 4.96. The summed E-state index contributed by atoms with van der Waals surface area (Å²) in [6.07, 6.45) is 2.47. The number of nitrogens with two attached hydrogens (primary N) is 1. The number of pyridine rings is 1. The van der Waals surface area contributed by atoms with Gasteiger partial charge >= 0.3 is 0 Å². The molecule has 0 saturated carbocycles. The van der Waals surface area contributed by atoms with Crippen molar-refractivity contribution in [2.75, 3.05) is 50.1 Å². The van der Waals surface area contributed by atoms with E-state index in [-0.39, 0.29) is 10.6 Å². The van der Waals surface area contributed by atoms with E-state index < -0.39 is 11.7 Å². The van der Waals surface area contributed by atoms with Crippen molar-refractivity contribution < 1.29 is 13.9 Å². The van der Waals surface area contributed by atoms with Gasteiger partial charge in [-0.1, -0.05) is 11.6 Å². The summed E-state index contributed by atoms with van der Waals surface area (Å²) >= 11 is 5.96. The number of amides is 1. The maximum Gasteiger partial charge on any atom is 0.252 e. The van der Waals surface area contributed by atoms with Crippen LogP contribution in [-0.2, 0) is 0 Å². The maximum absolute atomic E-state index is 13.7. The molecule has 1 aromatic heterocycles. The second-order valence-corrected chi connectivity index (χ2v) is 8.49. The first-order valence-corrected chi connectivity index (χ1v) is 11.3. The molecule has 0 atom stereocenters. The van der Waals surface area contributed by atoms with Gasteiger partial charge in [-0.05, 0) is 51.2 Å². The smallest absolute Gasteiger partial charge is 0.252 e. The first kappa shape index (κ1) is 23.1. The standard InChI is InChI=1S/C24H27ClFN5O2/c1-3-33-22-13-20-16(12-21(22)31-8-4-7-30(2)9-10-31)23(17(14-28-20)24(27)32)29-15-5-6-19(26)18(25)11-15/h5-6,11-14H,3-4,7-10H2,1-2H3,(H2,27,32)(H,28,29). The fourth-order valence-corrected chi connectivity index (χ4v) is 4.23. The quantitative estimate of drug-likeness (QED) is 0.554. The molecule has 7 nitrogen and oxygen atoms in total. The molecule has 174 valence electrons. The van der Waals surface area contributed by atoms with Crippen molar-refractivity contribution in [2.45, 2.75) is 13.3 Å². The second kappa shape index (κ2) is 9.80. The Hall–Kier alpha value is -3.10. The van der Waals surface area contributed by atoms with E-state index in [4.69, 9.17) is 22.1 Å². The van der Waals surface area contributed by atoms with Crippen molar-refractivity contribution in [3.8, 4) is 5.75 Å². The summed E-state index contributed by atoms with van der Waals surface area (Å²) in [5.41, 5.74) is 8.50. The van der Waals surface area contributed by atoms with Gasteiger partial charge < -0.3 is 25.6 Å². The highest BCUT2D eigenvalue weighted by Gasteiger charge is 2.21. The lowest BCUT2D eigenvalue weighted by atomic mass is 10.1. The predicted octanol–water partition coefficient (Wildman–Crippen LogP) is 4.41. The van der Waals surface area contributed by atoms with E-state index in [1.807, 2.05) is 19.1 Å². The average Bonchev–Trinajstić information content (AvgIpc) is 3.00. The highest BCUT2D eigenvalue weighted by Crippen LogP contribution is 2.38. The van der Waals surface area contributed by atoms with Gasteiger partial charge in [-0.15, -0.1) is 0 Å². The maximum atomic E-state index is 13.7. The van der Waals surface area contributed by atoms with Crippen molar-refractivity contribution in [2.24, 2.45) is 5.73 Å². The molecule has 3 aromatic rings. The van der Waals surface area contributed by atoms with Gasteiger partial charge in [-0.3, -0.25) is 9.78 Å². The Morgan fingerprint density at radius 1 is 1.24 bits per heavy atom. The minimum Gasteiger partial charge on any atom is -0.492 e. The number of aromatic nitrogens is 1. The van der Waals surface area contributed by atoms with Gasteiger partial charge in [-0.2, -0.15) is 0 Å². The molecule has 9 heteroatoms. The van der Waals surface area contributed by atoms with E-state index in [2.05, 4.69) is 27.1 Å². The summed E-state index contributed by atoms with van der Waals surface area (Å²) in [7, 11) is 2.12. The summed E-state index contributed by atoms with van der Waals surface area (Å²) in [4.78, 5) is 21.3. The number of anilines is 3.